The number of rotatable bonds is 7. The summed E-state index contributed by atoms with van der Waals surface area (Å²) in [5.74, 6) is -2.33. The Balaban J connectivity index is 1.41. The Morgan fingerprint density at radius 1 is 1.03 bits per heavy atom. The van der Waals surface area contributed by atoms with E-state index in [1.165, 1.54) is 0 Å². The maximum atomic E-state index is 17.4. The molecule has 4 aromatic rings. The number of fused-ring (bicyclic) bond motifs is 4. The Labute approximate surface area is 335 Å². The van der Waals surface area contributed by atoms with Crippen LogP contribution in [0.25, 0.3) is 32.1 Å². The number of hydrogen-bond acceptors (Lipinski definition) is 11. The molecule has 2 aromatic heterocycles. The highest BCUT2D eigenvalue weighted by molar-refractivity contribution is 7.23. The molecular weight excluding hydrogens is 788 g/mol. The average molecular weight is 831 g/mol. The quantitative estimate of drug-likeness (QED) is 0.179. The summed E-state index contributed by atoms with van der Waals surface area (Å²) in [7, 11) is 0. The summed E-state index contributed by atoms with van der Waals surface area (Å²) in [5, 5.41) is 11.9. The fourth-order valence-corrected chi connectivity index (χ4v) is 8.71. The van der Waals surface area contributed by atoms with Gasteiger partial charge in [0.1, 0.15) is 46.0 Å². The first-order valence-electron chi connectivity index (χ1n) is 18.9. The highest BCUT2D eigenvalue weighted by Crippen LogP contribution is 2.49. The van der Waals surface area contributed by atoms with Crippen LogP contribution in [0.4, 0.5) is 42.4 Å². The number of benzene rings is 2. The molecule has 3 saturated heterocycles. The number of carbonyl (C=O) groups is 2. The molecule has 2 atom stereocenters. The van der Waals surface area contributed by atoms with Crippen LogP contribution in [0.2, 0.25) is 0 Å². The van der Waals surface area contributed by atoms with Gasteiger partial charge in [0.15, 0.2) is 5.82 Å². The monoisotopic (exact) mass is 830 g/mol. The van der Waals surface area contributed by atoms with Crippen LogP contribution in [0.15, 0.2) is 18.2 Å². The zero-order chi connectivity index (χ0) is 42.1. The van der Waals surface area contributed by atoms with Gasteiger partial charge < -0.3 is 23.8 Å². The standard InChI is InChI=1S/C40H43F5N6O6S/c1-8-39(17-54-18-39)19-55-34-47-30-23(32(48-34)50-15-20-9-10-21(16-50)51(20)36(53)57-38(5,6)7)13-25(40(43,44)45)28(29(30)42)22-11-12-26(41)31-27(22)24(14-46)33(58-31)49-35(52)56-37(2,3)4/h11-13,20-21H,8-10,15-19H2,1-7H3,(H,49,52). The van der Waals surface area contributed by atoms with Gasteiger partial charge in [0, 0.05) is 29.4 Å². The van der Waals surface area contributed by atoms with Crippen molar-refractivity contribution in [1.82, 2.24) is 14.9 Å². The minimum Gasteiger partial charge on any atom is -0.463 e. The number of anilines is 2. The van der Waals surface area contributed by atoms with Crippen LogP contribution in [0.1, 0.15) is 78.9 Å². The van der Waals surface area contributed by atoms with E-state index in [0.717, 1.165) is 18.2 Å². The number of thiophene rings is 1. The fraction of sp³-hybridized carbons (Fsp3) is 0.525. The second-order valence-electron chi connectivity index (χ2n) is 17.0. The number of nitrogens with one attached hydrogen (secondary N) is 1. The summed E-state index contributed by atoms with van der Waals surface area (Å²) >= 11 is 0.602. The molecule has 0 aliphatic carbocycles. The van der Waals surface area contributed by atoms with E-state index in [1.807, 2.05) is 13.0 Å². The summed E-state index contributed by atoms with van der Waals surface area (Å²) in [5.41, 5.74) is -5.80. The summed E-state index contributed by atoms with van der Waals surface area (Å²) < 4.78 is 101. The van der Waals surface area contributed by atoms with Crippen molar-refractivity contribution in [1.29, 1.82) is 5.26 Å². The van der Waals surface area contributed by atoms with Crippen LogP contribution >= 0.6 is 11.3 Å². The molecule has 58 heavy (non-hydrogen) atoms. The Bertz CT molecular complexity index is 2330. The van der Waals surface area contributed by atoms with Crippen molar-refractivity contribution in [2.75, 3.05) is 43.1 Å². The molecule has 1 N–H and O–H groups in total. The first-order chi connectivity index (χ1) is 27.1. The predicted molar refractivity (Wildman–Crippen MR) is 206 cm³/mol. The van der Waals surface area contributed by atoms with Gasteiger partial charge in [-0.25, -0.2) is 18.4 Å². The van der Waals surface area contributed by atoms with Gasteiger partial charge in [-0.05, 0) is 78.5 Å². The lowest BCUT2D eigenvalue weighted by molar-refractivity contribution is -0.137. The minimum absolute atomic E-state index is 0.0200. The molecule has 2 bridgehead atoms. The average Bonchev–Trinajstić information content (AvgIpc) is 3.60. The van der Waals surface area contributed by atoms with E-state index in [2.05, 4.69) is 15.3 Å². The van der Waals surface area contributed by atoms with Crippen LogP contribution in [0, 0.1) is 28.4 Å². The van der Waals surface area contributed by atoms with Crippen molar-refractivity contribution >= 4 is 55.3 Å². The van der Waals surface area contributed by atoms with Gasteiger partial charge in [-0.1, -0.05) is 13.0 Å². The molecule has 310 valence electrons. The van der Waals surface area contributed by atoms with Crippen LogP contribution in [0.3, 0.4) is 0 Å². The highest BCUT2D eigenvalue weighted by Gasteiger charge is 2.46. The molecule has 2 amide bonds. The molecule has 3 aliphatic heterocycles. The first-order valence-corrected chi connectivity index (χ1v) is 19.7. The smallest absolute Gasteiger partial charge is 0.417 e. The van der Waals surface area contributed by atoms with Gasteiger partial charge in [-0.3, -0.25) is 10.2 Å². The largest absolute Gasteiger partial charge is 0.463 e. The number of alkyl halides is 3. The number of piperazine rings is 1. The normalized spacial score (nSPS) is 19.2. The lowest BCUT2D eigenvalue weighted by Gasteiger charge is -2.42. The Morgan fingerprint density at radius 2 is 1.69 bits per heavy atom. The molecule has 18 heteroatoms. The topological polar surface area (TPSA) is 139 Å². The molecule has 3 aliphatic rings. The van der Waals surface area contributed by atoms with Gasteiger partial charge in [0.05, 0.1) is 46.5 Å². The molecule has 2 unspecified atom stereocenters. The fourth-order valence-electron chi connectivity index (χ4n) is 7.64. The van der Waals surface area contributed by atoms with E-state index >= 15 is 22.0 Å². The number of halogens is 5. The third-order valence-electron chi connectivity index (χ3n) is 10.4. The maximum Gasteiger partial charge on any atom is 0.417 e. The Kier molecular flexibility index (Phi) is 10.4. The van der Waals surface area contributed by atoms with E-state index in [0.29, 0.717) is 43.8 Å². The SMILES string of the molecule is CCC1(COc2nc(N3CC4CCC(C3)N4C(=O)OC(C)(C)C)c3cc(C(F)(F)F)c(-c4ccc(F)c5sc(NC(=O)OC(C)(C)C)c(C#N)c45)c(F)c3n2)COC1. The lowest BCUT2D eigenvalue weighted by Crippen LogP contribution is -2.57. The second-order valence-corrected chi connectivity index (χ2v) is 18.0. The molecular formula is C40H43F5N6O6S. The summed E-state index contributed by atoms with van der Waals surface area (Å²) in [4.78, 5) is 38.3. The molecule has 0 radical (unpaired) electrons. The van der Waals surface area contributed by atoms with Crippen molar-refractivity contribution in [3.8, 4) is 23.2 Å². The van der Waals surface area contributed by atoms with Gasteiger partial charge in [-0.15, -0.1) is 11.3 Å². The maximum absolute atomic E-state index is 17.4. The van der Waals surface area contributed by atoms with Crippen molar-refractivity contribution in [2.45, 2.75) is 97.2 Å². The molecule has 12 nitrogen and oxygen atoms in total. The molecule has 7 rings (SSSR count). The van der Waals surface area contributed by atoms with Crippen LogP contribution in [-0.4, -0.2) is 83.3 Å². The lowest BCUT2D eigenvalue weighted by atomic mass is 9.84. The van der Waals surface area contributed by atoms with Crippen molar-refractivity contribution in [3.05, 3.63) is 41.0 Å². The Hall–Kier alpha value is -5.02. The summed E-state index contributed by atoms with van der Waals surface area (Å²) in [6.45, 7) is 13.3. The van der Waals surface area contributed by atoms with E-state index in [-0.39, 0.29) is 75.1 Å². The van der Waals surface area contributed by atoms with Crippen molar-refractivity contribution < 1.29 is 50.5 Å². The van der Waals surface area contributed by atoms with Gasteiger partial charge in [-0.2, -0.15) is 28.4 Å². The summed E-state index contributed by atoms with van der Waals surface area (Å²) in [6, 6.07) is 3.44. The van der Waals surface area contributed by atoms with Gasteiger partial charge in [0.2, 0.25) is 0 Å². The van der Waals surface area contributed by atoms with Gasteiger partial charge in [0.25, 0.3) is 0 Å². The van der Waals surface area contributed by atoms with Crippen LogP contribution in [0.5, 0.6) is 6.01 Å². The third-order valence-corrected chi connectivity index (χ3v) is 11.6. The van der Waals surface area contributed by atoms with E-state index in [9.17, 15) is 14.9 Å². The van der Waals surface area contributed by atoms with E-state index in [4.69, 9.17) is 18.9 Å². The number of aromatic nitrogens is 2. The molecule has 0 spiro atoms. The second kappa shape index (κ2) is 14.7. The number of hydrogen-bond donors (Lipinski definition) is 1. The van der Waals surface area contributed by atoms with Crippen molar-refractivity contribution in [2.24, 2.45) is 5.41 Å². The summed E-state index contributed by atoms with van der Waals surface area (Å²) in [6.07, 6.45) is -4.77. The zero-order valence-electron chi connectivity index (χ0n) is 33.0. The number of nitrogens with zero attached hydrogens (tertiary/aromatic N) is 5. The first kappa shape index (κ1) is 41.2. The van der Waals surface area contributed by atoms with Crippen molar-refractivity contribution in [3.63, 3.8) is 0 Å². The highest BCUT2D eigenvalue weighted by atomic mass is 32.1. The van der Waals surface area contributed by atoms with Crippen LogP contribution < -0.4 is 15.0 Å². The third kappa shape index (κ3) is 7.78. The zero-order valence-corrected chi connectivity index (χ0v) is 33.8. The number of amides is 2. The number of ether oxygens (including phenoxy) is 4. The molecule has 2 aromatic carbocycles. The Morgan fingerprint density at radius 3 is 2.24 bits per heavy atom. The molecule has 0 saturated carbocycles. The van der Waals surface area contributed by atoms with E-state index in [1.54, 1.807) is 51.3 Å². The predicted octanol–water partition coefficient (Wildman–Crippen LogP) is 9.42. The van der Waals surface area contributed by atoms with Crippen LogP contribution in [-0.2, 0) is 20.4 Å². The number of carbonyl (C=O) groups excluding carboxylic acids is 2. The minimum atomic E-state index is -5.18. The molecule has 3 fully saturated rings. The van der Waals surface area contributed by atoms with Gasteiger partial charge >= 0.3 is 24.4 Å². The van der Waals surface area contributed by atoms with E-state index < -0.39 is 63.4 Å². The molecule has 5 heterocycles. The number of nitriles is 1.